The van der Waals surface area contributed by atoms with Gasteiger partial charge in [-0.05, 0) is 23.8 Å². The number of para-hydroxylation sites is 1. The Balaban J connectivity index is 2.21. The maximum absolute atomic E-state index is 11.4. The molecule has 0 N–H and O–H groups in total. The number of benzene rings is 2. The van der Waals surface area contributed by atoms with E-state index in [1.165, 1.54) is 18.2 Å². The number of hydrogen-bond donors (Lipinski definition) is 0. The third-order valence-electron chi connectivity index (χ3n) is 2.25. The van der Waals surface area contributed by atoms with Gasteiger partial charge >= 0.3 is 0 Å². The van der Waals surface area contributed by atoms with Gasteiger partial charge in [-0.15, -0.1) is 0 Å². The molecular formula is C14H10O2. The Labute approximate surface area is 94.1 Å². The summed E-state index contributed by atoms with van der Waals surface area (Å²) < 4.78 is 0. The van der Waals surface area contributed by atoms with Gasteiger partial charge in [0, 0.05) is 5.56 Å². The fourth-order valence-electron chi connectivity index (χ4n) is 1.38. The van der Waals surface area contributed by atoms with Gasteiger partial charge in [0.25, 0.3) is 0 Å². The average molecular weight is 210 g/mol. The van der Waals surface area contributed by atoms with E-state index in [-0.39, 0.29) is 11.5 Å². The first-order valence-corrected chi connectivity index (χ1v) is 4.97. The molecular weight excluding hydrogens is 200 g/mol. The van der Waals surface area contributed by atoms with Gasteiger partial charge in [-0.25, -0.2) is 0 Å². The van der Waals surface area contributed by atoms with Crippen LogP contribution in [0.3, 0.4) is 0 Å². The van der Waals surface area contributed by atoms with Gasteiger partial charge in [-0.2, -0.15) is 0 Å². The summed E-state index contributed by atoms with van der Waals surface area (Å²) in [5.41, 5.74) is 1.55. The van der Waals surface area contributed by atoms with Crippen LogP contribution in [0, 0.1) is 0 Å². The van der Waals surface area contributed by atoms with Crippen LogP contribution >= 0.6 is 0 Å². The molecule has 0 bridgehead atoms. The highest BCUT2D eigenvalue weighted by Crippen LogP contribution is 2.20. The molecule has 0 unspecified atom stereocenters. The third kappa shape index (κ3) is 2.42. The van der Waals surface area contributed by atoms with Gasteiger partial charge < -0.3 is 0 Å². The molecule has 0 heterocycles. The van der Waals surface area contributed by atoms with E-state index < -0.39 is 0 Å². The van der Waals surface area contributed by atoms with Crippen molar-refractivity contribution in [2.75, 3.05) is 0 Å². The van der Waals surface area contributed by atoms with Crippen LogP contribution in [-0.2, 0) is 10.2 Å². The fourth-order valence-corrected chi connectivity index (χ4v) is 1.38. The Hall–Kier alpha value is -2.22. The molecule has 16 heavy (non-hydrogen) atoms. The molecule has 0 aromatic heterocycles. The van der Waals surface area contributed by atoms with Crippen molar-refractivity contribution < 1.29 is 10.2 Å². The van der Waals surface area contributed by atoms with Gasteiger partial charge in [0.15, 0.2) is 11.5 Å². The molecule has 2 radical (unpaired) electrons. The van der Waals surface area contributed by atoms with Gasteiger partial charge in [0.1, 0.15) is 0 Å². The molecule has 0 amide bonds. The molecule has 2 heteroatoms. The second-order valence-electron chi connectivity index (χ2n) is 3.44. The quantitative estimate of drug-likeness (QED) is 0.668. The van der Waals surface area contributed by atoms with E-state index in [2.05, 4.69) is 0 Å². The fraction of sp³-hybridized carbons (Fsp3) is 0. The first-order valence-electron chi connectivity index (χ1n) is 4.97. The third-order valence-corrected chi connectivity index (χ3v) is 2.25. The zero-order chi connectivity index (χ0) is 11.4. The largest absolute Gasteiger partial charge is 0.290 e. The van der Waals surface area contributed by atoms with Crippen LogP contribution in [0.1, 0.15) is 11.1 Å². The average Bonchev–Trinajstić information content (AvgIpc) is 2.30. The maximum atomic E-state index is 11.4. The topological polar surface area (TPSA) is 39.8 Å². The SMILES string of the molecule is [O]c1ccc(/C=C/c2ccccc2[O])cc1. The molecule has 2 nitrogen and oxygen atoms in total. The van der Waals surface area contributed by atoms with Crippen LogP contribution in [0.2, 0.25) is 0 Å². The van der Waals surface area contributed by atoms with Crippen LogP contribution in [0.25, 0.3) is 12.2 Å². The molecule has 0 aliphatic heterocycles. The monoisotopic (exact) mass is 210 g/mol. The Kier molecular flexibility index (Phi) is 2.92. The summed E-state index contributed by atoms with van der Waals surface area (Å²) in [7, 11) is 0. The first kappa shape index (κ1) is 10.3. The summed E-state index contributed by atoms with van der Waals surface area (Å²) in [6, 6.07) is 13.3. The van der Waals surface area contributed by atoms with E-state index in [4.69, 9.17) is 0 Å². The van der Waals surface area contributed by atoms with Crippen molar-refractivity contribution in [1.82, 2.24) is 0 Å². The van der Waals surface area contributed by atoms with Crippen molar-refractivity contribution in [2.24, 2.45) is 0 Å². The van der Waals surface area contributed by atoms with Crippen LogP contribution in [-0.4, -0.2) is 0 Å². The number of rotatable bonds is 2. The van der Waals surface area contributed by atoms with Crippen molar-refractivity contribution in [1.29, 1.82) is 0 Å². The molecule has 78 valence electrons. The van der Waals surface area contributed by atoms with E-state index in [0.29, 0.717) is 5.56 Å². The Bertz CT molecular complexity index is 498. The standard InChI is InChI=1S/C14H10O2/c15-13-9-6-11(7-10-13)5-8-12-3-1-2-4-14(12)16/h1-10H/b8-5+. The summed E-state index contributed by atoms with van der Waals surface area (Å²) in [4.78, 5) is 0. The molecule has 0 aliphatic rings. The van der Waals surface area contributed by atoms with Gasteiger partial charge in [-0.3, -0.25) is 10.2 Å². The van der Waals surface area contributed by atoms with Crippen LogP contribution < -0.4 is 0 Å². The van der Waals surface area contributed by atoms with Crippen LogP contribution in [0.15, 0.2) is 48.5 Å². The molecule has 0 saturated carbocycles. The summed E-state index contributed by atoms with van der Waals surface area (Å²) in [5.74, 6) is -0.0134. The molecule has 0 spiro atoms. The highest BCUT2D eigenvalue weighted by molar-refractivity contribution is 5.72. The Morgan fingerprint density at radius 2 is 1.44 bits per heavy atom. The van der Waals surface area contributed by atoms with Crippen molar-refractivity contribution in [3.8, 4) is 11.5 Å². The molecule has 2 aromatic carbocycles. The van der Waals surface area contributed by atoms with Crippen molar-refractivity contribution >= 4 is 12.2 Å². The zero-order valence-corrected chi connectivity index (χ0v) is 8.59. The minimum Gasteiger partial charge on any atom is -0.290 e. The number of hydrogen-bond acceptors (Lipinski definition) is 0. The summed E-state index contributed by atoms with van der Waals surface area (Å²) in [6.07, 6.45) is 3.57. The van der Waals surface area contributed by atoms with E-state index in [1.54, 1.807) is 30.3 Å². The van der Waals surface area contributed by atoms with Crippen molar-refractivity contribution in [3.05, 3.63) is 59.7 Å². The minimum atomic E-state index is -0.0126. The Morgan fingerprint density at radius 3 is 2.12 bits per heavy atom. The van der Waals surface area contributed by atoms with Gasteiger partial charge in [0.2, 0.25) is 0 Å². The Morgan fingerprint density at radius 1 is 0.750 bits per heavy atom. The zero-order valence-electron chi connectivity index (χ0n) is 8.59. The van der Waals surface area contributed by atoms with Gasteiger partial charge in [0.05, 0.1) is 0 Å². The first-order chi connectivity index (χ1) is 7.75. The minimum absolute atomic E-state index is 0.000745. The summed E-state index contributed by atoms with van der Waals surface area (Å²) in [6.45, 7) is 0. The van der Waals surface area contributed by atoms with Crippen molar-refractivity contribution in [2.45, 2.75) is 0 Å². The lowest BCUT2D eigenvalue weighted by atomic mass is 10.1. The molecule has 0 fully saturated rings. The molecule has 2 aromatic rings. The lowest BCUT2D eigenvalue weighted by Gasteiger charge is -1.95. The van der Waals surface area contributed by atoms with E-state index in [9.17, 15) is 10.2 Å². The normalized spacial score (nSPS) is 10.8. The molecule has 0 saturated heterocycles. The molecule has 2 rings (SSSR count). The van der Waals surface area contributed by atoms with E-state index in [0.717, 1.165) is 5.56 Å². The highest BCUT2D eigenvalue weighted by atomic mass is 16.3. The second kappa shape index (κ2) is 4.53. The maximum Gasteiger partial charge on any atom is 0.185 e. The molecule has 0 atom stereocenters. The van der Waals surface area contributed by atoms with Gasteiger partial charge in [-0.1, -0.05) is 42.5 Å². The van der Waals surface area contributed by atoms with E-state index >= 15 is 0 Å². The van der Waals surface area contributed by atoms with Crippen molar-refractivity contribution in [3.63, 3.8) is 0 Å². The molecule has 0 aliphatic carbocycles. The highest BCUT2D eigenvalue weighted by Gasteiger charge is 1.96. The smallest absolute Gasteiger partial charge is 0.185 e. The predicted octanol–water partition coefficient (Wildman–Crippen LogP) is 4.14. The summed E-state index contributed by atoms with van der Waals surface area (Å²) >= 11 is 0. The van der Waals surface area contributed by atoms with Crippen LogP contribution in [0.4, 0.5) is 0 Å². The van der Waals surface area contributed by atoms with Crippen LogP contribution in [0.5, 0.6) is 11.5 Å². The summed E-state index contributed by atoms with van der Waals surface area (Å²) in [5, 5.41) is 22.3. The lowest BCUT2D eigenvalue weighted by molar-refractivity contribution is 0.353. The van der Waals surface area contributed by atoms with E-state index in [1.807, 2.05) is 12.1 Å². The predicted molar refractivity (Wildman–Crippen MR) is 62.1 cm³/mol. The second-order valence-corrected chi connectivity index (χ2v) is 3.44. The lowest BCUT2D eigenvalue weighted by Crippen LogP contribution is -1.73.